The van der Waals surface area contributed by atoms with Crippen LogP contribution in [0.15, 0.2) is 23.1 Å². The minimum atomic E-state index is -3.99. The average Bonchev–Trinajstić information content (AvgIpc) is 2.38. The van der Waals surface area contributed by atoms with Crippen molar-refractivity contribution >= 4 is 27.8 Å². The molecule has 0 aromatic heterocycles. The molecule has 5 nitrogen and oxygen atoms in total. The zero-order valence-corrected chi connectivity index (χ0v) is 12.4. The number of sulfonamides is 1. The molecular weight excluding hydrogens is 305 g/mol. The number of carbonyl (C=O) groups is 1. The third kappa shape index (κ3) is 2.97. The lowest BCUT2D eigenvalue weighted by Gasteiger charge is -2.30. The number of rotatable bonds is 3. The summed E-state index contributed by atoms with van der Waals surface area (Å²) in [6.45, 7) is 2.49. The Morgan fingerprint density at radius 2 is 2.20 bits per heavy atom. The lowest BCUT2D eigenvalue weighted by molar-refractivity contribution is 0.0692. The van der Waals surface area contributed by atoms with Crippen molar-refractivity contribution in [1.82, 2.24) is 4.31 Å². The molecule has 1 aromatic rings. The van der Waals surface area contributed by atoms with Crippen molar-refractivity contribution in [2.75, 3.05) is 18.8 Å². The minimum Gasteiger partial charge on any atom is -0.478 e. The number of carboxylic acids is 1. The first kappa shape index (κ1) is 15.3. The predicted octanol–water partition coefficient (Wildman–Crippen LogP) is 1.65. The first-order valence-corrected chi connectivity index (χ1v) is 8.46. The summed E-state index contributed by atoms with van der Waals surface area (Å²) in [5, 5.41) is 9.19. The van der Waals surface area contributed by atoms with E-state index in [1.165, 1.54) is 4.31 Å². The van der Waals surface area contributed by atoms with Gasteiger partial charge in [-0.05, 0) is 18.2 Å². The van der Waals surface area contributed by atoms with E-state index in [9.17, 15) is 17.6 Å². The van der Waals surface area contributed by atoms with Crippen LogP contribution in [0, 0.1) is 5.82 Å². The third-order valence-corrected chi connectivity index (χ3v) is 6.04. The van der Waals surface area contributed by atoms with Crippen LogP contribution >= 0.6 is 11.8 Å². The van der Waals surface area contributed by atoms with Crippen LogP contribution in [-0.2, 0) is 10.0 Å². The Morgan fingerprint density at radius 3 is 2.80 bits per heavy atom. The van der Waals surface area contributed by atoms with Gasteiger partial charge < -0.3 is 5.11 Å². The number of hydrogen-bond donors (Lipinski definition) is 1. The molecule has 1 saturated heterocycles. The van der Waals surface area contributed by atoms with Gasteiger partial charge in [-0.2, -0.15) is 16.1 Å². The van der Waals surface area contributed by atoms with E-state index in [0.717, 1.165) is 18.2 Å². The van der Waals surface area contributed by atoms with E-state index in [-0.39, 0.29) is 5.25 Å². The van der Waals surface area contributed by atoms with Crippen molar-refractivity contribution in [1.29, 1.82) is 0 Å². The highest BCUT2D eigenvalue weighted by Gasteiger charge is 2.32. The number of hydrogen-bond acceptors (Lipinski definition) is 4. The summed E-state index contributed by atoms with van der Waals surface area (Å²) >= 11 is 1.65. The van der Waals surface area contributed by atoms with E-state index < -0.39 is 32.3 Å². The lowest BCUT2D eigenvalue weighted by atomic mass is 10.2. The van der Waals surface area contributed by atoms with Gasteiger partial charge in [-0.25, -0.2) is 17.6 Å². The van der Waals surface area contributed by atoms with E-state index in [4.69, 9.17) is 5.11 Å². The summed E-state index contributed by atoms with van der Waals surface area (Å²) in [4.78, 5) is 10.6. The smallest absolute Gasteiger partial charge is 0.337 e. The van der Waals surface area contributed by atoms with Crippen molar-refractivity contribution in [2.45, 2.75) is 17.1 Å². The molecule has 0 aliphatic carbocycles. The molecule has 0 bridgehead atoms. The fourth-order valence-electron chi connectivity index (χ4n) is 2.03. The van der Waals surface area contributed by atoms with Crippen LogP contribution in [0.3, 0.4) is 0 Å². The SMILES string of the molecule is CC1CN(S(=O)(=O)c2cc(F)ccc2C(=O)O)CCS1. The summed E-state index contributed by atoms with van der Waals surface area (Å²) in [6.07, 6.45) is 0. The van der Waals surface area contributed by atoms with Crippen LogP contribution in [0.5, 0.6) is 0 Å². The lowest BCUT2D eigenvalue weighted by Crippen LogP contribution is -2.41. The Labute approximate surface area is 120 Å². The number of halogens is 1. The summed E-state index contributed by atoms with van der Waals surface area (Å²) < 4.78 is 39.5. The van der Waals surface area contributed by atoms with Crippen LogP contribution in [0.4, 0.5) is 4.39 Å². The number of carboxylic acid groups (broad SMARTS) is 1. The second kappa shape index (κ2) is 5.71. The minimum absolute atomic E-state index is 0.125. The number of thioether (sulfide) groups is 1. The third-order valence-electron chi connectivity index (χ3n) is 3.00. The van der Waals surface area contributed by atoms with Gasteiger partial charge in [-0.3, -0.25) is 0 Å². The molecule has 1 fully saturated rings. The Morgan fingerprint density at radius 1 is 1.50 bits per heavy atom. The monoisotopic (exact) mass is 319 g/mol. The van der Waals surface area contributed by atoms with Gasteiger partial charge in [-0.1, -0.05) is 6.92 Å². The normalized spacial score (nSPS) is 20.8. The summed E-state index contributed by atoms with van der Waals surface area (Å²) in [5.41, 5.74) is -0.405. The maximum absolute atomic E-state index is 13.3. The van der Waals surface area contributed by atoms with Crippen LogP contribution in [0.25, 0.3) is 0 Å². The molecule has 1 aliphatic rings. The van der Waals surface area contributed by atoms with Gasteiger partial charge in [0.05, 0.1) is 10.5 Å². The van der Waals surface area contributed by atoms with Crippen LogP contribution < -0.4 is 0 Å². The molecule has 1 aromatic carbocycles. The highest BCUT2D eigenvalue weighted by atomic mass is 32.2. The highest BCUT2D eigenvalue weighted by Crippen LogP contribution is 2.26. The van der Waals surface area contributed by atoms with Crippen LogP contribution in [0.1, 0.15) is 17.3 Å². The molecule has 0 amide bonds. The molecular formula is C12H14FNO4S2. The van der Waals surface area contributed by atoms with Gasteiger partial charge in [0, 0.05) is 24.1 Å². The van der Waals surface area contributed by atoms with Crippen LogP contribution in [-0.4, -0.2) is 47.9 Å². The van der Waals surface area contributed by atoms with E-state index in [1.807, 2.05) is 6.92 Å². The van der Waals surface area contributed by atoms with E-state index in [0.29, 0.717) is 18.8 Å². The molecule has 0 radical (unpaired) electrons. The molecule has 8 heteroatoms. The second-order valence-electron chi connectivity index (χ2n) is 4.49. The number of nitrogens with zero attached hydrogens (tertiary/aromatic N) is 1. The molecule has 1 atom stereocenters. The maximum atomic E-state index is 13.3. The standard InChI is InChI=1S/C12H14FNO4S2/c1-8-7-14(4-5-19-8)20(17,18)11-6-9(13)2-3-10(11)12(15)16/h2-3,6,8H,4-5,7H2,1H3,(H,15,16). The summed E-state index contributed by atoms with van der Waals surface area (Å²) in [6, 6.07) is 2.69. The maximum Gasteiger partial charge on any atom is 0.337 e. The Balaban J connectivity index is 2.48. The van der Waals surface area contributed by atoms with Gasteiger partial charge in [0.25, 0.3) is 0 Å². The van der Waals surface area contributed by atoms with Gasteiger partial charge in [-0.15, -0.1) is 0 Å². The predicted molar refractivity (Wildman–Crippen MR) is 74.0 cm³/mol. The zero-order chi connectivity index (χ0) is 14.9. The fraction of sp³-hybridized carbons (Fsp3) is 0.417. The molecule has 0 spiro atoms. The van der Waals surface area contributed by atoms with E-state index >= 15 is 0 Å². The zero-order valence-electron chi connectivity index (χ0n) is 10.7. The van der Waals surface area contributed by atoms with Gasteiger partial charge in [0.15, 0.2) is 0 Å². The molecule has 1 aliphatic heterocycles. The van der Waals surface area contributed by atoms with Crippen molar-refractivity contribution < 1.29 is 22.7 Å². The average molecular weight is 319 g/mol. The number of benzene rings is 1. The fourth-order valence-corrected chi connectivity index (χ4v) is 4.98. The van der Waals surface area contributed by atoms with Gasteiger partial charge in [0.2, 0.25) is 10.0 Å². The Kier molecular flexibility index (Phi) is 4.36. The Bertz CT molecular complexity index is 632. The first-order valence-electron chi connectivity index (χ1n) is 5.97. The molecule has 1 unspecified atom stereocenters. The largest absolute Gasteiger partial charge is 0.478 e. The summed E-state index contributed by atoms with van der Waals surface area (Å²) in [5.74, 6) is -1.52. The first-order chi connectivity index (χ1) is 9.32. The molecule has 0 saturated carbocycles. The quantitative estimate of drug-likeness (QED) is 0.917. The molecule has 20 heavy (non-hydrogen) atoms. The number of aromatic carboxylic acids is 1. The van der Waals surface area contributed by atoms with Crippen molar-refractivity contribution in [3.63, 3.8) is 0 Å². The molecule has 110 valence electrons. The van der Waals surface area contributed by atoms with E-state index in [2.05, 4.69) is 0 Å². The summed E-state index contributed by atoms with van der Waals surface area (Å²) in [7, 11) is -3.99. The molecule has 2 rings (SSSR count). The van der Waals surface area contributed by atoms with E-state index in [1.54, 1.807) is 11.8 Å². The Hall–Kier alpha value is -1.12. The second-order valence-corrected chi connectivity index (χ2v) is 7.94. The van der Waals surface area contributed by atoms with Gasteiger partial charge in [0.1, 0.15) is 5.82 Å². The molecule has 1 N–H and O–H groups in total. The molecule has 1 heterocycles. The van der Waals surface area contributed by atoms with Gasteiger partial charge >= 0.3 is 5.97 Å². The van der Waals surface area contributed by atoms with Crippen molar-refractivity contribution in [2.24, 2.45) is 0 Å². The van der Waals surface area contributed by atoms with Crippen LogP contribution in [0.2, 0.25) is 0 Å². The highest BCUT2D eigenvalue weighted by molar-refractivity contribution is 8.00. The topological polar surface area (TPSA) is 74.7 Å². The van der Waals surface area contributed by atoms with Crippen molar-refractivity contribution in [3.05, 3.63) is 29.6 Å². The van der Waals surface area contributed by atoms with Crippen molar-refractivity contribution in [3.8, 4) is 0 Å².